The van der Waals surface area contributed by atoms with Gasteiger partial charge in [-0.05, 0) is 51.3 Å². The molecule has 2 bridgehead atoms. The summed E-state index contributed by atoms with van der Waals surface area (Å²) in [5, 5.41) is 10.3. The van der Waals surface area contributed by atoms with Crippen LogP contribution >= 0.6 is 11.6 Å². The maximum Gasteiger partial charge on any atom is 0.412 e. The monoisotopic (exact) mass is 308 g/mol. The Balaban J connectivity index is 1.95. The van der Waals surface area contributed by atoms with Gasteiger partial charge in [0.25, 0.3) is 0 Å². The molecule has 2 fully saturated rings. The zero-order chi connectivity index (χ0) is 15.1. The number of hydrogen-bond acceptors (Lipinski definition) is 2. The van der Waals surface area contributed by atoms with Gasteiger partial charge in [0.2, 0.25) is 0 Å². The minimum absolute atomic E-state index is 0.0230. The molecule has 0 aromatic heterocycles. The molecule has 3 rings (SSSR count). The zero-order valence-electron chi connectivity index (χ0n) is 12.4. The molecule has 21 heavy (non-hydrogen) atoms. The van der Waals surface area contributed by atoms with E-state index in [4.69, 9.17) is 11.6 Å². The van der Waals surface area contributed by atoms with Crippen LogP contribution in [0.4, 0.5) is 10.5 Å². The highest BCUT2D eigenvalue weighted by atomic mass is 35.5. The third kappa shape index (κ3) is 2.51. The molecular formula is C16H21ClN2O2. The maximum atomic E-state index is 11.9. The van der Waals surface area contributed by atoms with Crippen molar-refractivity contribution in [3.05, 3.63) is 28.8 Å². The largest absolute Gasteiger partial charge is 0.465 e. The number of rotatable bonds is 2. The molecule has 5 heteroatoms. The molecule has 2 aliphatic heterocycles. The molecule has 0 spiro atoms. The summed E-state index contributed by atoms with van der Waals surface area (Å²) >= 11 is 6.29. The molecule has 0 radical (unpaired) electrons. The van der Waals surface area contributed by atoms with E-state index in [1.54, 1.807) is 6.07 Å². The van der Waals surface area contributed by atoms with E-state index < -0.39 is 6.09 Å². The summed E-state index contributed by atoms with van der Waals surface area (Å²) in [7, 11) is 2.16. The van der Waals surface area contributed by atoms with E-state index in [9.17, 15) is 9.90 Å². The van der Waals surface area contributed by atoms with Crippen molar-refractivity contribution in [2.75, 3.05) is 11.9 Å². The molecule has 4 nitrogen and oxygen atoms in total. The number of carboxylic acid groups (broad SMARTS) is 1. The average Bonchev–Trinajstić information content (AvgIpc) is 2.64. The fourth-order valence-corrected chi connectivity index (χ4v) is 4.27. The number of nitrogens with zero attached hydrogens (tertiary/aromatic N) is 2. The number of hydrogen-bond donors (Lipinski definition) is 1. The molecule has 2 aliphatic rings. The third-order valence-corrected chi connectivity index (χ3v) is 5.38. The predicted octanol–water partition coefficient (Wildman–Crippen LogP) is 3.76. The summed E-state index contributed by atoms with van der Waals surface area (Å²) in [6.45, 7) is 1.92. The molecule has 0 aliphatic carbocycles. The van der Waals surface area contributed by atoms with Crippen molar-refractivity contribution in [2.24, 2.45) is 0 Å². The van der Waals surface area contributed by atoms with Crippen molar-refractivity contribution in [2.45, 2.75) is 50.7 Å². The van der Waals surface area contributed by atoms with Crippen molar-refractivity contribution in [3.8, 4) is 0 Å². The van der Waals surface area contributed by atoms with Crippen LogP contribution in [0.2, 0.25) is 5.02 Å². The molecular weight excluding hydrogens is 288 g/mol. The molecule has 1 amide bonds. The average molecular weight is 309 g/mol. The summed E-state index contributed by atoms with van der Waals surface area (Å²) in [5.74, 6) is 0. The van der Waals surface area contributed by atoms with Gasteiger partial charge in [-0.1, -0.05) is 23.7 Å². The van der Waals surface area contributed by atoms with Crippen LogP contribution in [-0.2, 0) is 0 Å². The highest BCUT2D eigenvalue weighted by Crippen LogP contribution is 2.40. The first-order valence-corrected chi connectivity index (χ1v) is 7.86. The highest BCUT2D eigenvalue weighted by molar-refractivity contribution is 6.34. The van der Waals surface area contributed by atoms with Crippen molar-refractivity contribution in [3.63, 3.8) is 0 Å². The second-order valence-electron chi connectivity index (χ2n) is 6.23. The smallest absolute Gasteiger partial charge is 0.412 e. The molecule has 2 unspecified atom stereocenters. The van der Waals surface area contributed by atoms with E-state index in [2.05, 4.69) is 11.9 Å². The van der Waals surface area contributed by atoms with Crippen LogP contribution in [0.3, 0.4) is 0 Å². The molecule has 1 N–H and O–H groups in total. The number of anilines is 1. The highest BCUT2D eigenvalue weighted by Gasteiger charge is 2.42. The Kier molecular flexibility index (Phi) is 3.84. The first-order valence-electron chi connectivity index (χ1n) is 7.48. The van der Waals surface area contributed by atoms with Gasteiger partial charge in [-0.15, -0.1) is 0 Å². The summed E-state index contributed by atoms with van der Waals surface area (Å²) in [6, 6.07) is 6.57. The standard InChI is InChI=1S/C16H21ClN2O2/c1-10-4-3-5-14(17)15(10)19(16(20)21)13-8-11-6-7-12(9-13)18(11)2/h3-5,11-13H,6-9H2,1-2H3,(H,20,21). The zero-order valence-corrected chi connectivity index (χ0v) is 13.2. The van der Waals surface area contributed by atoms with E-state index in [1.807, 2.05) is 19.1 Å². The molecule has 2 heterocycles. The van der Waals surface area contributed by atoms with Crippen LogP contribution in [0, 0.1) is 6.92 Å². The molecule has 1 aromatic carbocycles. The van der Waals surface area contributed by atoms with Gasteiger partial charge in [-0.3, -0.25) is 4.90 Å². The lowest BCUT2D eigenvalue weighted by Crippen LogP contribution is -2.51. The number of piperidine rings is 1. The van der Waals surface area contributed by atoms with Crippen molar-refractivity contribution < 1.29 is 9.90 Å². The summed E-state index contributed by atoms with van der Waals surface area (Å²) in [6.07, 6.45) is 3.23. The molecule has 2 atom stereocenters. The van der Waals surface area contributed by atoms with Gasteiger partial charge in [-0.25, -0.2) is 4.79 Å². The fraction of sp³-hybridized carbons (Fsp3) is 0.562. The van der Waals surface area contributed by atoms with Crippen LogP contribution in [0.25, 0.3) is 0 Å². The van der Waals surface area contributed by atoms with E-state index in [1.165, 1.54) is 17.7 Å². The Labute approximate surface area is 130 Å². The Morgan fingerprint density at radius 2 is 1.95 bits per heavy atom. The van der Waals surface area contributed by atoms with E-state index in [0.29, 0.717) is 22.8 Å². The first-order chi connectivity index (χ1) is 9.99. The minimum atomic E-state index is -0.903. The van der Waals surface area contributed by atoms with Gasteiger partial charge in [-0.2, -0.15) is 0 Å². The lowest BCUT2D eigenvalue weighted by atomic mass is 9.95. The van der Waals surface area contributed by atoms with Crippen LogP contribution in [0.1, 0.15) is 31.2 Å². The topological polar surface area (TPSA) is 43.8 Å². The number of fused-ring (bicyclic) bond motifs is 2. The van der Waals surface area contributed by atoms with Gasteiger partial charge in [0.15, 0.2) is 0 Å². The van der Waals surface area contributed by atoms with Gasteiger partial charge in [0, 0.05) is 18.1 Å². The number of amides is 1. The van der Waals surface area contributed by atoms with Crippen LogP contribution in [0.15, 0.2) is 18.2 Å². The summed E-state index contributed by atoms with van der Waals surface area (Å²) in [5.41, 5.74) is 1.57. The van der Waals surface area contributed by atoms with Crippen LogP contribution in [-0.4, -0.2) is 41.3 Å². The molecule has 1 aromatic rings. The second-order valence-corrected chi connectivity index (χ2v) is 6.64. The van der Waals surface area contributed by atoms with Crippen molar-refractivity contribution >= 4 is 23.4 Å². The number of para-hydroxylation sites is 1. The Bertz CT molecular complexity index is 529. The Hall–Kier alpha value is -1.26. The number of carbonyl (C=O) groups is 1. The quantitative estimate of drug-likeness (QED) is 0.904. The van der Waals surface area contributed by atoms with Crippen molar-refractivity contribution in [1.82, 2.24) is 4.90 Å². The molecule has 114 valence electrons. The summed E-state index contributed by atoms with van der Waals surface area (Å²) in [4.78, 5) is 15.8. The normalized spacial score (nSPS) is 28.6. The van der Waals surface area contributed by atoms with Gasteiger partial charge < -0.3 is 10.0 Å². The minimum Gasteiger partial charge on any atom is -0.465 e. The lowest BCUT2D eigenvalue weighted by Gasteiger charge is -2.41. The lowest BCUT2D eigenvalue weighted by molar-refractivity contribution is 0.151. The predicted molar refractivity (Wildman–Crippen MR) is 84.3 cm³/mol. The van der Waals surface area contributed by atoms with Crippen LogP contribution < -0.4 is 4.90 Å². The fourth-order valence-electron chi connectivity index (χ4n) is 3.96. The van der Waals surface area contributed by atoms with E-state index in [-0.39, 0.29) is 6.04 Å². The van der Waals surface area contributed by atoms with Gasteiger partial charge in [0.1, 0.15) is 0 Å². The molecule has 0 saturated carbocycles. The van der Waals surface area contributed by atoms with Crippen molar-refractivity contribution in [1.29, 1.82) is 0 Å². The Morgan fingerprint density at radius 3 is 2.48 bits per heavy atom. The maximum absolute atomic E-state index is 11.9. The SMILES string of the molecule is Cc1cccc(Cl)c1N(C(=O)O)C1CC2CCC(C1)N2C. The number of halogens is 1. The Morgan fingerprint density at radius 1 is 1.33 bits per heavy atom. The number of aryl methyl sites for hydroxylation is 1. The summed E-state index contributed by atoms with van der Waals surface area (Å²) < 4.78 is 0. The van der Waals surface area contributed by atoms with Gasteiger partial charge in [0.05, 0.1) is 10.7 Å². The number of benzene rings is 1. The van der Waals surface area contributed by atoms with Gasteiger partial charge >= 0.3 is 6.09 Å². The first kappa shape index (κ1) is 14.7. The van der Waals surface area contributed by atoms with E-state index in [0.717, 1.165) is 18.4 Å². The van der Waals surface area contributed by atoms with Crippen LogP contribution in [0.5, 0.6) is 0 Å². The second kappa shape index (κ2) is 5.50. The molecule has 2 saturated heterocycles. The third-order valence-electron chi connectivity index (χ3n) is 5.07. The van der Waals surface area contributed by atoms with E-state index >= 15 is 0 Å².